The van der Waals surface area contributed by atoms with Crippen molar-refractivity contribution in [1.29, 1.82) is 0 Å². The Hall–Kier alpha value is -1.92. The number of aromatic nitrogens is 2. The van der Waals surface area contributed by atoms with Crippen molar-refractivity contribution in [2.24, 2.45) is 0 Å². The van der Waals surface area contributed by atoms with E-state index in [4.69, 9.17) is 0 Å². The molecule has 114 valence electrons. The second-order valence-electron chi connectivity index (χ2n) is 5.80. The van der Waals surface area contributed by atoms with Gasteiger partial charge in [0.15, 0.2) is 5.67 Å². The Morgan fingerprint density at radius 2 is 2.29 bits per heavy atom. The highest BCUT2D eigenvalue weighted by Crippen LogP contribution is 2.38. The molecule has 7 heteroatoms. The van der Waals surface area contributed by atoms with E-state index in [-0.39, 0.29) is 18.4 Å². The Labute approximate surface area is 122 Å². The minimum atomic E-state index is -1.69. The van der Waals surface area contributed by atoms with E-state index in [1.54, 1.807) is 17.9 Å². The van der Waals surface area contributed by atoms with E-state index in [1.165, 1.54) is 4.90 Å². The van der Waals surface area contributed by atoms with Crippen LogP contribution in [0, 0.1) is 0 Å². The number of nitrogens with zero attached hydrogens (tertiary/aromatic N) is 3. The van der Waals surface area contributed by atoms with Gasteiger partial charge in [0.1, 0.15) is 0 Å². The van der Waals surface area contributed by atoms with Crippen molar-refractivity contribution >= 4 is 11.8 Å². The fraction of sp³-hybridized carbons (Fsp3) is 0.643. The normalized spacial score (nSPS) is 23.1. The first-order valence-electron chi connectivity index (χ1n) is 7.25. The van der Waals surface area contributed by atoms with Gasteiger partial charge in [-0.1, -0.05) is 0 Å². The van der Waals surface area contributed by atoms with E-state index in [1.807, 2.05) is 6.07 Å². The van der Waals surface area contributed by atoms with Crippen molar-refractivity contribution in [3.63, 3.8) is 0 Å². The van der Waals surface area contributed by atoms with Gasteiger partial charge in [0.2, 0.25) is 5.91 Å². The highest BCUT2D eigenvalue weighted by Gasteiger charge is 2.48. The third-order valence-corrected chi connectivity index (χ3v) is 4.40. The number of carbonyl (C=O) groups excluding carboxylic acids is 2. The molecule has 0 unspecified atom stereocenters. The van der Waals surface area contributed by atoms with Crippen LogP contribution in [0.1, 0.15) is 37.4 Å². The van der Waals surface area contributed by atoms with E-state index in [0.717, 1.165) is 12.1 Å². The average Bonchev–Trinajstić information content (AvgIpc) is 2.92. The predicted molar refractivity (Wildman–Crippen MR) is 73.1 cm³/mol. The molecule has 1 aliphatic carbocycles. The molecule has 0 spiro atoms. The molecular formula is C14H19FN4O2. The summed E-state index contributed by atoms with van der Waals surface area (Å²) in [5.41, 5.74) is -0.855. The van der Waals surface area contributed by atoms with Gasteiger partial charge in [0.25, 0.3) is 5.91 Å². The molecule has 0 radical (unpaired) electrons. The fourth-order valence-electron chi connectivity index (χ4n) is 2.99. The number of carbonyl (C=O) groups is 2. The summed E-state index contributed by atoms with van der Waals surface area (Å²) in [6, 6.07) is 1.57. The number of nitrogens with one attached hydrogen (secondary N) is 1. The molecule has 0 aromatic carbocycles. The summed E-state index contributed by atoms with van der Waals surface area (Å²) in [5, 5.41) is 6.79. The molecule has 2 aliphatic rings. The molecule has 0 bridgehead atoms. The lowest BCUT2D eigenvalue weighted by Gasteiger charge is -2.40. The fourth-order valence-corrected chi connectivity index (χ4v) is 2.99. The maximum absolute atomic E-state index is 14.3. The van der Waals surface area contributed by atoms with Crippen molar-refractivity contribution in [1.82, 2.24) is 20.0 Å². The van der Waals surface area contributed by atoms with Gasteiger partial charge in [-0.2, -0.15) is 5.10 Å². The molecule has 21 heavy (non-hydrogen) atoms. The first-order chi connectivity index (χ1) is 10.0. The Morgan fingerprint density at radius 1 is 1.52 bits per heavy atom. The Morgan fingerprint density at radius 3 is 2.90 bits per heavy atom. The standard InChI is InChI=1S/C14H19FN4O2/c1-16-12(20)7-11-9-18(8-10-3-6-17-19(10)11)13(21)14(15)4-2-5-14/h3,6,11H,2,4-5,7-9H2,1H3,(H,16,20)/t11-/m1/s1. The first-order valence-corrected chi connectivity index (χ1v) is 7.25. The summed E-state index contributed by atoms with van der Waals surface area (Å²) in [7, 11) is 1.57. The van der Waals surface area contributed by atoms with Crippen LogP contribution in [0.3, 0.4) is 0 Å². The number of hydrogen-bond acceptors (Lipinski definition) is 3. The Bertz CT molecular complexity index is 567. The number of fused-ring (bicyclic) bond motifs is 1. The molecule has 1 aromatic rings. The molecule has 1 N–H and O–H groups in total. The number of alkyl halides is 1. The van der Waals surface area contributed by atoms with Gasteiger partial charge in [-0.15, -0.1) is 0 Å². The Balaban J connectivity index is 1.80. The van der Waals surface area contributed by atoms with Crippen LogP contribution in [-0.4, -0.2) is 45.8 Å². The molecule has 1 aromatic heterocycles. The number of halogens is 1. The van der Waals surface area contributed by atoms with E-state index in [9.17, 15) is 14.0 Å². The van der Waals surface area contributed by atoms with Gasteiger partial charge in [0.05, 0.1) is 24.7 Å². The quantitative estimate of drug-likeness (QED) is 0.896. The minimum absolute atomic E-state index is 0.116. The van der Waals surface area contributed by atoms with Gasteiger partial charge in [-0.3, -0.25) is 14.3 Å². The SMILES string of the molecule is CNC(=O)C[C@@H]1CN(C(=O)C2(F)CCC2)Cc2ccnn21. The predicted octanol–water partition coefficient (Wildman–Crippen LogP) is 0.795. The smallest absolute Gasteiger partial charge is 0.260 e. The molecule has 1 aliphatic heterocycles. The van der Waals surface area contributed by atoms with Crippen molar-refractivity contribution in [3.8, 4) is 0 Å². The van der Waals surface area contributed by atoms with Crippen LogP contribution in [0.25, 0.3) is 0 Å². The molecule has 6 nitrogen and oxygen atoms in total. The van der Waals surface area contributed by atoms with Crippen molar-refractivity contribution in [3.05, 3.63) is 18.0 Å². The Kier molecular flexibility index (Phi) is 3.43. The lowest BCUT2D eigenvalue weighted by atomic mass is 9.80. The summed E-state index contributed by atoms with van der Waals surface area (Å²) >= 11 is 0. The first kappa shape index (κ1) is 14.0. The van der Waals surface area contributed by atoms with E-state index in [2.05, 4.69) is 10.4 Å². The zero-order chi connectivity index (χ0) is 15.0. The maximum Gasteiger partial charge on any atom is 0.260 e. The van der Waals surface area contributed by atoms with Crippen molar-refractivity contribution < 1.29 is 14.0 Å². The highest BCUT2D eigenvalue weighted by molar-refractivity contribution is 5.86. The molecular weight excluding hydrogens is 275 g/mol. The van der Waals surface area contributed by atoms with Gasteiger partial charge < -0.3 is 10.2 Å². The van der Waals surface area contributed by atoms with E-state index < -0.39 is 11.6 Å². The van der Waals surface area contributed by atoms with E-state index >= 15 is 0 Å². The molecule has 2 heterocycles. The molecule has 3 rings (SSSR count). The van der Waals surface area contributed by atoms with Crippen LogP contribution in [0.5, 0.6) is 0 Å². The lowest BCUT2D eigenvalue weighted by Crippen LogP contribution is -2.53. The van der Waals surface area contributed by atoms with Crippen LogP contribution < -0.4 is 5.32 Å². The van der Waals surface area contributed by atoms with Crippen molar-refractivity contribution in [2.75, 3.05) is 13.6 Å². The third kappa shape index (κ3) is 2.41. The van der Waals surface area contributed by atoms with Gasteiger partial charge in [-0.05, 0) is 25.3 Å². The average molecular weight is 294 g/mol. The number of rotatable bonds is 3. The summed E-state index contributed by atoms with van der Waals surface area (Å²) in [4.78, 5) is 25.5. The van der Waals surface area contributed by atoms with E-state index in [0.29, 0.717) is 25.9 Å². The van der Waals surface area contributed by atoms with Crippen LogP contribution in [-0.2, 0) is 16.1 Å². The van der Waals surface area contributed by atoms with Crippen LogP contribution in [0.15, 0.2) is 12.3 Å². The number of amides is 2. The summed E-state index contributed by atoms with van der Waals surface area (Å²) < 4.78 is 16.1. The largest absolute Gasteiger partial charge is 0.359 e. The molecule has 0 saturated heterocycles. The van der Waals surface area contributed by atoms with Gasteiger partial charge in [-0.25, -0.2) is 4.39 Å². The third-order valence-electron chi connectivity index (χ3n) is 4.40. The maximum atomic E-state index is 14.3. The van der Waals surface area contributed by atoms with Crippen LogP contribution in [0.2, 0.25) is 0 Å². The van der Waals surface area contributed by atoms with Gasteiger partial charge >= 0.3 is 0 Å². The molecule has 1 atom stereocenters. The highest BCUT2D eigenvalue weighted by atomic mass is 19.1. The summed E-state index contributed by atoms with van der Waals surface area (Å²) in [6.07, 6.45) is 3.25. The van der Waals surface area contributed by atoms with Crippen molar-refractivity contribution in [2.45, 2.75) is 43.9 Å². The number of hydrogen-bond donors (Lipinski definition) is 1. The molecule has 2 amide bonds. The second-order valence-corrected chi connectivity index (χ2v) is 5.80. The monoisotopic (exact) mass is 294 g/mol. The zero-order valence-corrected chi connectivity index (χ0v) is 12.0. The molecule has 1 saturated carbocycles. The summed E-state index contributed by atoms with van der Waals surface area (Å²) in [5.74, 6) is -0.558. The zero-order valence-electron chi connectivity index (χ0n) is 12.0. The lowest BCUT2D eigenvalue weighted by molar-refractivity contribution is -0.152. The summed E-state index contributed by atoms with van der Waals surface area (Å²) in [6.45, 7) is 0.682. The topological polar surface area (TPSA) is 67.2 Å². The molecule has 1 fully saturated rings. The van der Waals surface area contributed by atoms with Crippen LogP contribution in [0.4, 0.5) is 4.39 Å². The van der Waals surface area contributed by atoms with Gasteiger partial charge in [0, 0.05) is 19.8 Å². The minimum Gasteiger partial charge on any atom is -0.359 e. The van der Waals surface area contributed by atoms with Crippen LogP contribution >= 0.6 is 0 Å². The second kappa shape index (κ2) is 5.13.